The number of imide groups is 1. The van der Waals surface area contributed by atoms with Gasteiger partial charge >= 0.3 is 0 Å². The number of pyridine rings is 1. The van der Waals surface area contributed by atoms with Gasteiger partial charge in [0.2, 0.25) is 33.7 Å². The van der Waals surface area contributed by atoms with Gasteiger partial charge in [-0.3, -0.25) is 29.2 Å². The number of hydrogen-bond acceptors (Lipinski definition) is 12. The van der Waals surface area contributed by atoms with Gasteiger partial charge in [0.15, 0.2) is 5.82 Å². The number of aromatic nitrogens is 4. The van der Waals surface area contributed by atoms with Crippen LogP contribution >= 0.6 is 11.3 Å². The molecule has 4 amide bonds. The lowest BCUT2D eigenvalue weighted by atomic mass is 9.90. The van der Waals surface area contributed by atoms with Gasteiger partial charge in [-0.25, -0.2) is 32.7 Å². The van der Waals surface area contributed by atoms with E-state index in [-0.39, 0.29) is 64.3 Å². The van der Waals surface area contributed by atoms with Crippen molar-refractivity contribution in [1.82, 2.24) is 35.1 Å². The molecule has 8 rings (SSSR count). The van der Waals surface area contributed by atoms with Gasteiger partial charge in [-0.1, -0.05) is 19.1 Å². The van der Waals surface area contributed by atoms with Gasteiger partial charge in [0.1, 0.15) is 12.1 Å². The molecule has 0 unspecified atom stereocenters. The van der Waals surface area contributed by atoms with Gasteiger partial charge in [0.25, 0.3) is 0 Å². The van der Waals surface area contributed by atoms with Crippen molar-refractivity contribution in [2.45, 2.75) is 76.5 Å². The van der Waals surface area contributed by atoms with E-state index >= 15 is 4.39 Å². The zero-order valence-electron chi connectivity index (χ0n) is 34.1. The molecule has 0 radical (unpaired) electrons. The maximum Gasteiger partial charge on any atom is 0.234 e. The Bertz CT molecular complexity index is 2360. The van der Waals surface area contributed by atoms with Crippen LogP contribution < -0.4 is 14.9 Å². The zero-order chi connectivity index (χ0) is 42.7. The predicted octanol–water partition coefficient (Wildman–Crippen LogP) is 5.33. The van der Waals surface area contributed by atoms with E-state index in [1.165, 1.54) is 23.7 Å². The molecule has 1 atom stereocenters. The van der Waals surface area contributed by atoms with E-state index in [1.807, 2.05) is 21.9 Å². The summed E-state index contributed by atoms with van der Waals surface area (Å²) in [7, 11) is -3.72. The van der Waals surface area contributed by atoms with E-state index in [0.717, 1.165) is 16.4 Å². The van der Waals surface area contributed by atoms with Crippen LogP contribution in [0.4, 0.5) is 15.9 Å². The molecule has 0 aliphatic carbocycles. The van der Waals surface area contributed by atoms with E-state index in [0.29, 0.717) is 113 Å². The number of likely N-dealkylation sites (tertiary alicyclic amines) is 2. The molecule has 0 bridgehead atoms. The van der Waals surface area contributed by atoms with Crippen molar-refractivity contribution in [3.8, 4) is 21.8 Å². The zero-order valence-corrected chi connectivity index (χ0v) is 35.7. The summed E-state index contributed by atoms with van der Waals surface area (Å²) in [5.74, 6) is -0.829. The molecule has 4 aliphatic rings. The Kier molecular flexibility index (Phi) is 12.7. The fraction of sp³-hybridized carbons (Fsp3) is 0.488. The number of carbonyl (C=O) groups is 4. The normalized spacial score (nSPS) is 19.8. The first-order valence-corrected chi connectivity index (χ1v) is 23.6. The summed E-state index contributed by atoms with van der Waals surface area (Å²) in [4.78, 5) is 75.9. The summed E-state index contributed by atoms with van der Waals surface area (Å²) < 4.78 is 43.4. The summed E-state index contributed by atoms with van der Waals surface area (Å²) in [5, 5.41) is 3.21. The molecule has 4 aromatic rings. The Labute approximate surface area is 358 Å². The Morgan fingerprint density at radius 1 is 0.885 bits per heavy atom. The van der Waals surface area contributed by atoms with Crippen LogP contribution in [0.15, 0.2) is 55.1 Å². The summed E-state index contributed by atoms with van der Waals surface area (Å²) in [5.41, 5.74) is 1.79. The third-order valence-corrected chi connectivity index (χ3v) is 15.1. The van der Waals surface area contributed by atoms with Crippen LogP contribution in [0.25, 0.3) is 21.8 Å². The molecular weight excluding hydrogens is 822 g/mol. The van der Waals surface area contributed by atoms with Crippen LogP contribution in [0.3, 0.4) is 0 Å². The van der Waals surface area contributed by atoms with Gasteiger partial charge in [0, 0.05) is 81.4 Å². The molecule has 18 heteroatoms. The number of hydrogen-bond donors (Lipinski definition) is 2. The largest absolute Gasteiger partial charge is 0.357 e. The van der Waals surface area contributed by atoms with Crippen LogP contribution in [0.2, 0.25) is 0 Å². The van der Waals surface area contributed by atoms with E-state index < -0.39 is 15.8 Å². The van der Waals surface area contributed by atoms with Crippen molar-refractivity contribution in [2.24, 2.45) is 11.8 Å². The second-order valence-electron chi connectivity index (χ2n) is 16.3. The molecule has 7 heterocycles. The number of carbonyl (C=O) groups excluding carboxylic acids is 4. The molecule has 322 valence electrons. The highest BCUT2D eigenvalue weighted by Gasteiger charge is 2.36. The van der Waals surface area contributed by atoms with E-state index in [2.05, 4.69) is 29.9 Å². The van der Waals surface area contributed by atoms with Crippen molar-refractivity contribution < 1.29 is 32.0 Å². The van der Waals surface area contributed by atoms with E-state index in [4.69, 9.17) is 4.98 Å². The third kappa shape index (κ3) is 9.44. The van der Waals surface area contributed by atoms with E-state index in [9.17, 15) is 27.6 Å². The quantitative estimate of drug-likeness (QED) is 0.186. The SMILES string of the molecule is CCCS(=O)(=O)Nc1cccc(-c2nc(C3CCN(C(=O)C4CCN(C(=O)C5CCN(c6ccc([C@H]7CCC(=O)NC7=O)cn6)CC5)CC4)CC3)sc2-c2ccncn2)c1F. The van der Waals surface area contributed by atoms with Crippen molar-refractivity contribution >= 4 is 56.5 Å². The highest BCUT2D eigenvalue weighted by atomic mass is 32.2. The van der Waals surface area contributed by atoms with Crippen molar-refractivity contribution in [3.05, 3.63) is 71.5 Å². The second-order valence-corrected chi connectivity index (χ2v) is 19.2. The number of halogens is 1. The molecule has 4 saturated heterocycles. The number of rotatable bonds is 11. The minimum atomic E-state index is -3.72. The van der Waals surface area contributed by atoms with Gasteiger partial charge < -0.3 is 14.7 Å². The second kappa shape index (κ2) is 18.3. The van der Waals surface area contributed by atoms with Gasteiger partial charge in [-0.2, -0.15) is 0 Å². The molecule has 0 spiro atoms. The minimum Gasteiger partial charge on any atom is -0.357 e. The average molecular weight is 872 g/mol. The summed E-state index contributed by atoms with van der Waals surface area (Å²) >= 11 is 1.43. The van der Waals surface area contributed by atoms with Crippen LogP contribution in [0, 0.1) is 17.7 Å². The molecule has 0 saturated carbocycles. The van der Waals surface area contributed by atoms with Gasteiger partial charge in [0.05, 0.1) is 38.6 Å². The highest BCUT2D eigenvalue weighted by Crippen LogP contribution is 2.43. The van der Waals surface area contributed by atoms with Crippen molar-refractivity contribution in [1.29, 1.82) is 0 Å². The maximum atomic E-state index is 16.0. The first-order valence-electron chi connectivity index (χ1n) is 21.2. The van der Waals surface area contributed by atoms with Crippen LogP contribution in [-0.4, -0.2) is 107 Å². The molecule has 2 N–H and O–H groups in total. The van der Waals surface area contributed by atoms with Crippen molar-refractivity contribution in [2.75, 3.05) is 54.6 Å². The maximum absolute atomic E-state index is 16.0. The highest BCUT2D eigenvalue weighted by molar-refractivity contribution is 7.92. The van der Waals surface area contributed by atoms with Crippen LogP contribution in [-0.2, 0) is 29.2 Å². The lowest BCUT2D eigenvalue weighted by Crippen LogP contribution is -2.48. The number of sulfonamides is 1. The number of amides is 4. The molecule has 4 aliphatic heterocycles. The molecular formula is C43H50FN9O6S2. The summed E-state index contributed by atoms with van der Waals surface area (Å²) in [6, 6.07) is 10.1. The van der Waals surface area contributed by atoms with Crippen LogP contribution in [0.1, 0.15) is 87.1 Å². The van der Waals surface area contributed by atoms with Crippen molar-refractivity contribution in [3.63, 3.8) is 0 Å². The Morgan fingerprint density at radius 2 is 1.57 bits per heavy atom. The first kappa shape index (κ1) is 42.3. The van der Waals surface area contributed by atoms with Crippen LogP contribution in [0.5, 0.6) is 0 Å². The monoisotopic (exact) mass is 871 g/mol. The molecule has 4 fully saturated rings. The number of thiazole rings is 1. The summed E-state index contributed by atoms with van der Waals surface area (Å²) in [6.07, 6.45) is 10.0. The lowest BCUT2D eigenvalue weighted by molar-refractivity contribution is -0.143. The molecule has 15 nitrogen and oxygen atoms in total. The lowest BCUT2D eigenvalue weighted by Gasteiger charge is -2.39. The van der Waals surface area contributed by atoms with Gasteiger partial charge in [-0.15, -0.1) is 11.3 Å². The Hall–Kier alpha value is -5.36. The standard InChI is InChI=1S/C43H50FN9O6S2/c1-2-24-61(58,59)50-33-5-3-4-32(37(33)44)38-39(34-10-17-45-26-47-34)60-41(49-38)27-11-20-52(21-12-27)43(57)29-15-22-53(23-16-29)42(56)28-13-18-51(19-14-28)35-8-6-30(25-46-35)31-7-9-36(54)48-40(31)55/h3-6,8,10,17,25-29,31,50H,2,7,9,11-16,18-24H2,1H3,(H,48,54,55)/t31-/m1/s1. The number of nitrogens with zero attached hydrogens (tertiary/aromatic N) is 7. The fourth-order valence-corrected chi connectivity index (χ4v) is 11.3. The number of piperidine rings is 4. The first-order chi connectivity index (χ1) is 29.5. The minimum absolute atomic E-state index is 0.0385. The molecule has 3 aromatic heterocycles. The molecule has 1 aromatic carbocycles. The topological polar surface area (TPSA) is 188 Å². The van der Waals surface area contributed by atoms with E-state index in [1.54, 1.807) is 37.5 Å². The third-order valence-electron chi connectivity index (χ3n) is 12.3. The fourth-order valence-electron chi connectivity index (χ4n) is 8.94. The molecule has 61 heavy (non-hydrogen) atoms. The smallest absolute Gasteiger partial charge is 0.234 e. The number of benzene rings is 1. The average Bonchev–Trinajstić information content (AvgIpc) is 3.72. The summed E-state index contributed by atoms with van der Waals surface area (Å²) in [6.45, 7) is 5.38. The predicted molar refractivity (Wildman–Crippen MR) is 228 cm³/mol. The van der Waals surface area contributed by atoms with Gasteiger partial charge in [-0.05, 0) is 81.2 Å². The number of nitrogens with one attached hydrogen (secondary N) is 2. The Balaban J connectivity index is 0.835. The Morgan fingerprint density at radius 3 is 2.20 bits per heavy atom. The number of anilines is 2.